The molecule has 100 valence electrons. The second-order valence-corrected chi connectivity index (χ2v) is 5.35. The quantitative estimate of drug-likeness (QED) is 0.607. The molecule has 0 aliphatic rings. The number of halogens is 1. The molecule has 0 aliphatic carbocycles. The Morgan fingerprint density at radius 2 is 2.11 bits per heavy atom. The molecule has 18 heavy (non-hydrogen) atoms. The van der Waals surface area contributed by atoms with E-state index in [1.807, 2.05) is 6.92 Å². The third kappa shape index (κ3) is 3.51. The van der Waals surface area contributed by atoms with Gasteiger partial charge in [0.25, 0.3) is 0 Å². The van der Waals surface area contributed by atoms with E-state index in [1.54, 1.807) is 0 Å². The van der Waals surface area contributed by atoms with Crippen molar-refractivity contribution in [2.45, 2.75) is 24.7 Å². The lowest BCUT2D eigenvalue weighted by molar-refractivity contribution is 0.112. The first-order valence-corrected chi connectivity index (χ1v) is 7.00. The molecule has 0 aliphatic heterocycles. The summed E-state index contributed by atoms with van der Waals surface area (Å²) < 4.78 is 36.3. The maximum absolute atomic E-state index is 13.9. The highest BCUT2D eigenvalue weighted by Gasteiger charge is 2.19. The molecule has 0 saturated carbocycles. The Balaban J connectivity index is 3.21. The average Bonchev–Trinajstić information content (AvgIpc) is 2.30. The zero-order valence-corrected chi connectivity index (χ0v) is 10.8. The first kappa shape index (κ1) is 14.6. The fraction of sp³-hybridized carbons (Fsp3) is 0.364. The number of hydrogen-bond acceptors (Lipinski definition) is 4. The number of nitrogens with two attached hydrogens (primary N) is 1. The van der Waals surface area contributed by atoms with Crippen LogP contribution in [0.15, 0.2) is 17.0 Å². The lowest BCUT2D eigenvalue weighted by atomic mass is 10.2. The number of sulfonamides is 1. The summed E-state index contributed by atoms with van der Waals surface area (Å²) >= 11 is 0. The molecule has 0 atom stereocenters. The predicted molar refractivity (Wildman–Crippen MR) is 66.6 cm³/mol. The monoisotopic (exact) mass is 274 g/mol. The van der Waals surface area contributed by atoms with Gasteiger partial charge in [-0.1, -0.05) is 13.3 Å². The van der Waals surface area contributed by atoms with Crippen molar-refractivity contribution in [3.8, 4) is 0 Å². The standard InChI is InChI=1S/C11H15FN2O3S/c1-2-3-4-14-9-5-8(7-15)6-10(11(9)12)18(13,16)17/h5-7,14H,2-4H2,1H3,(H2,13,16,17). The van der Waals surface area contributed by atoms with Crippen LogP contribution in [0.25, 0.3) is 0 Å². The smallest absolute Gasteiger partial charge is 0.241 e. The average molecular weight is 274 g/mol. The number of carbonyl (C=O) groups excluding carboxylic acids is 1. The van der Waals surface area contributed by atoms with Crippen molar-refractivity contribution >= 4 is 22.0 Å². The molecule has 7 heteroatoms. The largest absolute Gasteiger partial charge is 0.383 e. The fourth-order valence-corrected chi connectivity index (χ4v) is 2.08. The van der Waals surface area contributed by atoms with Crippen molar-refractivity contribution < 1.29 is 17.6 Å². The topological polar surface area (TPSA) is 89.3 Å². The number of nitrogens with one attached hydrogen (secondary N) is 1. The normalized spacial score (nSPS) is 11.3. The number of primary sulfonamides is 1. The van der Waals surface area contributed by atoms with Gasteiger partial charge in [-0.05, 0) is 18.6 Å². The van der Waals surface area contributed by atoms with Crippen LogP contribution in [0.2, 0.25) is 0 Å². The summed E-state index contributed by atoms with van der Waals surface area (Å²) in [4.78, 5) is 10.0. The Labute approximate surface area is 105 Å². The molecule has 0 heterocycles. The van der Waals surface area contributed by atoms with Crippen LogP contribution in [0.3, 0.4) is 0 Å². The van der Waals surface area contributed by atoms with Crippen LogP contribution in [0, 0.1) is 5.82 Å². The number of hydrogen-bond donors (Lipinski definition) is 2. The van der Waals surface area contributed by atoms with Crippen molar-refractivity contribution in [2.24, 2.45) is 5.14 Å². The molecule has 0 saturated heterocycles. The second kappa shape index (κ2) is 5.92. The number of benzene rings is 1. The van der Waals surface area contributed by atoms with Gasteiger partial charge in [0, 0.05) is 12.1 Å². The van der Waals surface area contributed by atoms with Crippen LogP contribution in [0.5, 0.6) is 0 Å². The summed E-state index contributed by atoms with van der Waals surface area (Å²) in [6.45, 7) is 2.45. The van der Waals surface area contributed by atoms with Gasteiger partial charge in [-0.25, -0.2) is 17.9 Å². The zero-order valence-electron chi connectivity index (χ0n) is 9.94. The molecule has 5 nitrogen and oxygen atoms in total. The minimum Gasteiger partial charge on any atom is -0.383 e. The molecule has 0 aromatic heterocycles. The lowest BCUT2D eigenvalue weighted by Crippen LogP contribution is -2.16. The predicted octanol–water partition coefficient (Wildman–Crippen LogP) is 1.50. The SMILES string of the molecule is CCCCNc1cc(C=O)cc(S(N)(=O)=O)c1F. The summed E-state index contributed by atoms with van der Waals surface area (Å²) in [5, 5.41) is 7.64. The summed E-state index contributed by atoms with van der Waals surface area (Å²) in [6, 6.07) is 2.18. The maximum Gasteiger partial charge on any atom is 0.241 e. The van der Waals surface area contributed by atoms with Gasteiger partial charge in [0.2, 0.25) is 10.0 Å². The molecule has 1 rings (SSSR count). The number of unbranched alkanes of at least 4 members (excludes halogenated alkanes) is 1. The van der Waals surface area contributed by atoms with Gasteiger partial charge < -0.3 is 5.32 Å². The van der Waals surface area contributed by atoms with Crippen LogP contribution in [0.1, 0.15) is 30.1 Å². The molecule has 0 spiro atoms. The van der Waals surface area contributed by atoms with Gasteiger partial charge >= 0.3 is 0 Å². The van der Waals surface area contributed by atoms with E-state index in [-0.39, 0.29) is 11.3 Å². The van der Waals surface area contributed by atoms with Gasteiger partial charge in [0.1, 0.15) is 11.2 Å². The lowest BCUT2D eigenvalue weighted by Gasteiger charge is -2.10. The van der Waals surface area contributed by atoms with Crippen molar-refractivity contribution in [1.82, 2.24) is 0 Å². The van der Waals surface area contributed by atoms with E-state index in [0.29, 0.717) is 12.8 Å². The van der Waals surface area contributed by atoms with Crippen molar-refractivity contribution in [3.05, 3.63) is 23.5 Å². The van der Waals surface area contributed by atoms with E-state index in [1.165, 1.54) is 6.07 Å². The minimum atomic E-state index is -4.19. The third-order valence-corrected chi connectivity index (χ3v) is 3.26. The van der Waals surface area contributed by atoms with E-state index in [9.17, 15) is 17.6 Å². The van der Waals surface area contributed by atoms with E-state index in [4.69, 9.17) is 5.14 Å². The molecule has 0 fully saturated rings. The van der Waals surface area contributed by atoms with Crippen LogP contribution in [-0.4, -0.2) is 21.2 Å². The molecular formula is C11H15FN2O3S. The van der Waals surface area contributed by atoms with E-state index < -0.39 is 20.7 Å². The first-order valence-electron chi connectivity index (χ1n) is 5.45. The van der Waals surface area contributed by atoms with E-state index in [0.717, 1.165) is 18.9 Å². The van der Waals surface area contributed by atoms with Crippen LogP contribution in [-0.2, 0) is 10.0 Å². The molecule has 0 unspecified atom stereocenters. The number of anilines is 1. The Kier molecular flexibility index (Phi) is 4.80. The third-order valence-electron chi connectivity index (χ3n) is 2.35. The summed E-state index contributed by atoms with van der Waals surface area (Å²) in [6.07, 6.45) is 2.15. The highest BCUT2D eigenvalue weighted by Crippen LogP contribution is 2.23. The van der Waals surface area contributed by atoms with Crippen LogP contribution in [0.4, 0.5) is 10.1 Å². The van der Waals surface area contributed by atoms with Gasteiger partial charge in [-0.3, -0.25) is 4.79 Å². The van der Waals surface area contributed by atoms with Crippen molar-refractivity contribution in [2.75, 3.05) is 11.9 Å². The Morgan fingerprint density at radius 3 is 2.61 bits per heavy atom. The maximum atomic E-state index is 13.9. The molecule has 3 N–H and O–H groups in total. The van der Waals surface area contributed by atoms with Crippen molar-refractivity contribution in [1.29, 1.82) is 0 Å². The van der Waals surface area contributed by atoms with Gasteiger partial charge in [0.15, 0.2) is 5.82 Å². The Morgan fingerprint density at radius 1 is 1.44 bits per heavy atom. The minimum absolute atomic E-state index is 0.0305. The van der Waals surface area contributed by atoms with Gasteiger partial charge in [-0.15, -0.1) is 0 Å². The second-order valence-electron chi connectivity index (χ2n) is 3.82. The molecule has 0 amide bonds. The highest BCUT2D eigenvalue weighted by atomic mass is 32.2. The zero-order chi connectivity index (χ0) is 13.8. The molecule has 1 aromatic carbocycles. The summed E-state index contributed by atoms with van der Waals surface area (Å²) in [7, 11) is -4.19. The number of carbonyl (C=O) groups is 1. The molecular weight excluding hydrogens is 259 g/mol. The number of rotatable bonds is 6. The fourth-order valence-electron chi connectivity index (χ4n) is 1.42. The van der Waals surface area contributed by atoms with Crippen LogP contribution < -0.4 is 10.5 Å². The van der Waals surface area contributed by atoms with Gasteiger partial charge in [0.05, 0.1) is 5.69 Å². The Hall–Kier alpha value is -1.47. The first-order chi connectivity index (χ1) is 8.40. The number of aldehydes is 1. The Bertz CT molecular complexity index is 543. The summed E-state index contributed by atoms with van der Waals surface area (Å²) in [5.74, 6) is -0.959. The van der Waals surface area contributed by atoms with Gasteiger partial charge in [-0.2, -0.15) is 0 Å². The van der Waals surface area contributed by atoms with E-state index >= 15 is 0 Å². The highest BCUT2D eigenvalue weighted by molar-refractivity contribution is 7.89. The van der Waals surface area contributed by atoms with Crippen LogP contribution >= 0.6 is 0 Å². The molecule has 0 bridgehead atoms. The molecule has 1 aromatic rings. The molecule has 0 radical (unpaired) electrons. The van der Waals surface area contributed by atoms with E-state index in [2.05, 4.69) is 5.32 Å². The summed E-state index contributed by atoms with van der Waals surface area (Å²) in [5.41, 5.74) is 0.0245. The van der Waals surface area contributed by atoms with Crippen molar-refractivity contribution in [3.63, 3.8) is 0 Å².